The first-order valence-electron chi connectivity index (χ1n) is 7.62. The van der Waals surface area contributed by atoms with Gasteiger partial charge in [0.25, 0.3) is 0 Å². The number of rotatable bonds is 5. The molecule has 2 rings (SSSR count). The second-order valence-corrected chi connectivity index (χ2v) is 5.77. The Labute approximate surface area is 142 Å². The zero-order chi connectivity index (χ0) is 17.7. The summed E-state index contributed by atoms with van der Waals surface area (Å²) in [6.07, 6.45) is 3.15. The predicted octanol–water partition coefficient (Wildman–Crippen LogP) is 3.05. The largest absolute Gasteiger partial charge is 0.378 e. The second kappa shape index (κ2) is 7.51. The molecule has 0 saturated carbocycles. The van der Waals surface area contributed by atoms with Gasteiger partial charge in [0, 0.05) is 25.5 Å². The number of nitrogens with zero attached hydrogens (tertiary/aromatic N) is 4. The molecule has 1 heterocycles. The summed E-state index contributed by atoms with van der Waals surface area (Å²) in [5.41, 5.74) is 3.18. The van der Waals surface area contributed by atoms with Crippen LogP contribution in [0.2, 0.25) is 0 Å². The maximum absolute atomic E-state index is 12.4. The zero-order valence-corrected chi connectivity index (χ0v) is 14.3. The maximum atomic E-state index is 12.4. The average Bonchev–Trinajstić information content (AvgIpc) is 2.53. The quantitative estimate of drug-likeness (QED) is 0.792. The van der Waals surface area contributed by atoms with Gasteiger partial charge in [-0.3, -0.25) is 4.79 Å². The number of aryl methyl sites for hydroxylation is 2. The molecule has 122 valence electrons. The third-order valence-corrected chi connectivity index (χ3v) is 3.54. The molecule has 0 radical (unpaired) electrons. The summed E-state index contributed by atoms with van der Waals surface area (Å²) >= 11 is 0. The standard InChI is InChI=1S/C19H20N4O/c1-13-11-18(22-14(2)21-13)17(12-20)19(24)10-7-15-5-8-16(9-6-15)23(3)4/h5-11,17H,1-4H3. The van der Waals surface area contributed by atoms with Crippen LogP contribution in [0, 0.1) is 25.2 Å². The molecule has 1 aromatic carbocycles. The highest BCUT2D eigenvalue weighted by Gasteiger charge is 2.20. The number of nitriles is 1. The van der Waals surface area contributed by atoms with E-state index in [1.54, 1.807) is 19.1 Å². The Morgan fingerprint density at radius 1 is 1.21 bits per heavy atom. The molecule has 1 atom stereocenters. The lowest BCUT2D eigenvalue weighted by molar-refractivity contribution is -0.114. The number of anilines is 1. The fourth-order valence-electron chi connectivity index (χ4n) is 2.33. The molecule has 1 aromatic heterocycles. The van der Waals surface area contributed by atoms with Gasteiger partial charge in [0.2, 0.25) is 0 Å². The molecule has 2 aromatic rings. The molecule has 24 heavy (non-hydrogen) atoms. The van der Waals surface area contributed by atoms with E-state index in [9.17, 15) is 10.1 Å². The first-order chi connectivity index (χ1) is 11.4. The topological polar surface area (TPSA) is 69.9 Å². The minimum atomic E-state index is -0.914. The van der Waals surface area contributed by atoms with Gasteiger partial charge >= 0.3 is 0 Å². The van der Waals surface area contributed by atoms with Crippen molar-refractivity contribution in [1.29, 1.82) is 5.26 Å². The fraction of sp³-hybridized carbons (Fsp3) is 0.263. The Hall–Kier alpha value is -3.00. The highest BCUT2D eigenvalue weighted by Crippen LogP contribution is 2.17. The molecule has 0 amide bonds. The molecule has 0 aliphatic heterocycles. The third-order valence-electron chi connectivity index (χ3n) is 3.54. The number of carbonyl (C=O) groups is 1. The second-order valence-electron chi connectivity index (χ2n) is 5.77. The zero-order valence-electron chi connectivity index (χ0n) is 14.3. The van der Waals surface area contributed by atoms with Gasteiger partial charge in [-0.25, -0.2) is 9.97 Å². The van der Waals surface area contributed by atoms with Crippen LogP contribution in [0.5, 0.6) is 0 Å². The van der Waals surface area contributed by atoms with Crippen LogP contribution >= 0.6 is 0 Å². The van der Waals surface area contributed by atoms with Gasteiger partial charge in [-0.15, -0.1) is 0 Å². The van der Waals surface area contributed by atoms with Crippen LogP contribution in [0.3, 0.4) is 0 Å². The lowest BCUT2D eigenvalue weighted by Crippen LogP contribution is -2.11. The van der Waals surface area contributed by atoms with E-state index in [1.165, 1.54) is 6.08 Å². The van der Waals surface area contributed by atoms with Crippen molar-refractivity contribution in [3.05, 3.63) is 59.2 Å². The van der Waals surface area contributed by atoms with Crippen LogP contribution < -0.4 is 4.90 Å². The lowest BCUT2D eigenvalue weighted by Gasteiger charge is -2.11. The smallest absolute Gasteiger partial charge is 0.178 e. The molecule has 5 nitrogen and oxygen atoms in total. The minimum absolute atomic E-state index is 0.285. The highest BCUT2D eigenvalue weighted by molar-refractivity contribution is 6.00. The van der Waals surface area contributed by atoms with Crippen LogP contribution in [-0.2, 0) is 4.79 Å². The van der Waals surface area contributed by atoms with Crippen molar-refractivity contribution in [2.24, 2.45) is 0 Å². The molecular weight excluding hydrogens is 300 g/mol. The fourth-order valence-corrected chi connectivity index (χ4v) is 2.33. The average molecular weight is 320 g/mol. The number of carbonyl (C=O) groups excluding carboxylic acids is 1. The van der Waals surface area contributed by atoms with Crippen molar-refractivity contribution in [3.63, 3.8) is 0 Å². The number of aromatic nitrogens is 2. The molecule has 0 spiro atoms. The van der Waals surface area contributed by atoms with E-state index >= 15 is 0 Å². The molecule has 0 aliphatic carbocycles. The van der Waals surface area contributed by atoms with Crippen LogP contribution in [-0.4, -0.2) is 29.8 Å². The van der Waals surface area contributed by atoms with E-state index in [4.69, 9.17) is 0 Å². The summed E-state index contributed by atoms with van der Waals surface area (Å²) in [6.45, 7) is 3.57. The van der Waals surface area contributed by atoms with Crippen molar-refractivity contribution < 1.29 is 4.79 Å². The summed E-state index contributed by atoms with van der Waals surface area (Å²) in [5, 5.41) is 9.36. The molecule has 0 bridgehead atoms. The van der Waals surface area contributed by atoms with E-state index in [0.717, 1.165) is 16.9 Å². The van der Waals surface area contributed by atoms with Crippen molar-refractivity contribution in [2.75, 3.05) is 19.0 Å². The minimum Gasteiger partial charge on any atom is -0.378 e. The van der Waals surface area contributed by atoms with Crippen LogP contribution in [0.25, 0.3) is 6.08 Å². The lowest BCUT2D eigenvalue weighted by atomic mass is 10.00. The summed E-state index contributed by atoms with van der Waals surface area (Å²) in [4.78, 5) is 22.8. The van der Waals surface area contributed by atoms with E-state index in [-0.39, 0.29) is 5.78 Å². The number of hydrogen-bond donors (Lipinski definition) is 0. The van der Waals surface area contributed by atoms with E-state index in [1.807, 2.05) is 56.3 Å². The number of allylic oxidation sites excluding steroid dienone is 1. The molecule has 1 unspecified atom stereocenters. The molecule has 0 fully saturated rings. The normalized spacial score (nSPS) is 12.0. The van der Waals surface area contributed by atoms with Gasteiger partial charge in [0.15, 0.2) is 11.7 Å². The summed E-state index contributed by atoms with van der Waals surface area (Å²) in [7, 11) is 3.94. The number of ketones is 1. The van der Waals surface area contributed by atoms with Gasteiger partial charge in [-0.1, -0.05) is 18.2 Å². The SMILES string of the molecule is Cc1cc(C(C#N)C(=O)C=Cc2ccc(N(C)C)cc2)nc(C)n1. The van der Waals surface area contributed by atoms with Crippen molar-refractivity contribution in [1.82, 2.24) is 9.97 Å². The number of benzene rings is 1. The Bertz CT molecular complexity index is 781. The summed E-state index contributed by atoms with van der Waals surface area (Å²) in [5.74, 6) is -0.643. The van der Waals surface area contributed by atoms with Crippen molar-refractivity contribution in [2.45, 2.75) is 19.8 Å². The molecule has 5 heteroatoms. The van der Waals surface area contributed by atoms with E-state index < -0.39 is 5.92 Å². The van der Waals surface area contributed by atoms with Crippen LogP contribution in [0.1, 0.15) is 28.7 Å². The molecule has 0 saturated heterocycles. The summed E-state index contributed by atoms with van der Waals surface area (Å²) in [6, 6.07) is 11.5. The monoisotopic (exact) mass is 320 g/mol. The first-order valence-corrected chi connectivity index (χ1v) is 7.62. The Morgan fingerprint density at radius 2 is 1.88 bits per heavy atom. The van der Waals surface area contributed by atoms with Crippen molar-refractivity contribution >= 4 is 17.5 Å². The maximum Gasteiger partial charge on any atom is 0.178 e. The number of hydrogen-bond acceptors (Lipinski definition) is 5. The summed E-state index contributed by atoms with van der Waals surface area (Å²) < 4.78 is 0. The Kier molecular flexibility index (Phi) is 5.43. The van der Waals surface area contributed by atoms with Crippen LogP contribution in [0.4, 0.5) is 5.69 Å². The Morgan fingerprint density at radius 3 is 2.42 bits per heavy atom. The van der Waals surface area contributed by atoms with Crippen LogP contribution in [0.15, 0.2) is 36.4 Å². The molecule has 0 aliphatic rings. The Balaban J connectivity index is 2.18. The third kappa shape index (κ3) is 4.26. The van der Waals surface area contributed by atoms with Crippen molar-refractivity contribution in [3.8, 4) is 6.07 Å². The molecular formula is C19H20N4O. The highest BCUT2D eigenvalue weighted by atomic mass is 16.1. The van der Waals surface area contributed by atoms with Gasteiger partial charge < -0.3 is 4.90 Å². The van der Waals surface area contributed by atoms with Gasteiger partial charge in [-0.2, -0.15) is 5.26 Å². The van der Waals surface area contributed by atoms with Gasteiger partial charge in [-0.05, 0) is 43.7 Å². The van der Waals surface area contributed by atoms with E-state index in [0.29, 0.717) is 11.5 Å². The first kappa shape index (κ1) is 17.4. The predicted molar refractivity (Wildman–Crippen MR) is 94.7 cm³/mol. The van der Waals surface area contributed by atoms with Gasteiger partial charge in [0.1, 0.15) is 5.82 Å². The van der Waals surface area contributed by atoms with Gasteiger partial charge in [0.05, 0.1) is 11.8 Å². The molecule has 0 N–H and O–H groups in total. The van der Waals surface area contributed by atoms with E-state index in [2.05, 4.69) is 9.97 Å².